The molecule has 0 saturated carbocycles. The topological polar surface area (TPSA) is 72.2 Å². The molecule has 1 aliphatic heterocycles. The van der Waals surface area contributed by atoms with Gasteiger partial charge in [0.15, 0.2) is 5.17 Å². The Kier molecular flexibility index (Phi) is 6.22. The predicted octanol–water partition coefficient (Wildman–Crippen LogP) is 5.30. The van der Waals surface area contributed by atoms with Gasteiger partial charge in [-0.15, -0.1) is 0 Å². The maximum absolute atomic E-state index is 8.63. The molecular formula is C22H30N4OS2. The molecule has 3 N–H and O–H groups in total. The molecule has 1 saturated heterocycles. The highest BCUT2D eigenvalue weighted by Gasteiger charge is 2.39. The summed E-state index contributed by atoms with van der Waals surface area (Å²) in [7, 11) is 1.96. The van der Waals surface area contributed by atoms with Gasteiger partial charge in [-0.2, -0.15) is 0 Å². The Bertz CT molecular complexity index is 926. The normalized spacial score (nSPS) is 18.4. The van der Waals surface area contributed by atoms with Crippen LogP contribution in [0, 0.1) is 10.8 Å². The van der Waals surface area contributed by atoms with Crippen LogP contribution >= 0.6 is 24.7 Å². The van der Waals surface area contributed by atoms with Gasteiger partial charge in [-0.05, 0) is 75.2 Å². The van der Waals surface area contributed by atoms with Crippen LogP contribution in [0.3, 0.4) is 0 Å². The minimum Gasteiger partial charge on any atom is -0.428 e. The largest absolute Gasteiger partial charge is 0.428 e. The number of nitrogens with zero attached hydrogens (tertiary/aromatic N) is 1. The molecule has 0 spiro atoms. The fourth-order valence-electron chi connectivity index (χ4n) is 4.40. The molecule has 29 heavy (non-hydrogen) atoms. The van der Waals surface area contributed by atoms with E-state index < -0.39 is 0 Å². The van der Waals surface area contributed by atoms with Crippen LogP contribution in [-0.4, -0.2) is 39.3 Å². The van der Waals surface area contributed by atoms with Gasteiger partial charge in [0.1, 0.15) is 10.8 Å². The third-order valence-corrected chi connectivity index (χ3v) is 6.53. The molecule has 3 rings (SSSR count). The number of thiol groups is 1. The molecule has 1 aliphatic rings. The summed E-state index contributed by atoms with van der Waals surface area (Å²) < 4.78 is 5.24. The number of benzene rings is 2. The Hall–Kier alpha value is -1.70. The lowest BCUT2D eigenvalue weighted by molar-refractivity contribution is 0.114. The molecule has 5 nitrogen and oxygen atoms in total. The molecule has 0 bridgehead atoms. The van der Waals surface area contributed by atoms with E-state index >= 15 is 0 Å². The average Bonchev–Trinajstić information content (AvgIpc) is 2.63. The van der Waals surface area contributed by atoms with Crippen LogP contribution in [0.1, 0.15) is 46.1 Å². The van der Waals surface area contributed by atoms with E-state index in [0.717, 1.165) is 35.4 Å². The van der Waals surface area contributed by atoms with Crippen molar-refractivity contribution in [2.24, 2.45) is 0 Å². The summed E-state index contributed by atoms with van der Waals surface area (Å²) in [5, 5.41) is 23.6. The maximum Gasteiger partial charge on any atom is 0.162 e. The lowest BCUT2D eigenvalue weighted by atomic mass is 9.79. The Balaban J connectivity index is 1.78. The molecule has 0 aliphatic carbocycles. The van der Waals surface area contributed by atoms with E-state index in [-0.39, 0.29) is 22.2 Å². The van der Waals surface area contributed by atoms with Crippen LogP contribution in [0.4, 0.5) is 0 Å². The minimum atomic E-state index is 0.00448. The highest BCUT2D eigenvalue weighted by Crippen LogP contribution is 2.34. The van der Waals surface area contributed by atoms with Crippen LogP contribution in [0.25, 0.3) is 10.8 Å². The molecule has 1 fully saturated rings. The van der Waals surface area contributed by atoms with Gasteiger partial charge >= 0.3 is 0 Å². The SMILES string of the molecule is CN(C(=N)SC(=N)c1cc2ccccc2cc1OS)C1CC(C)(C)NC(C)(C)C1. The summed E-state index contributed by atoms with van der Waals surface area (Å²) in [6.45, 7) is 8.83. The van der Waals surface area contributed by atoms with E-state index in [0.29, 0.717) is 16.5 Å². The van der Waals surface area contributed by atoms with Crippen LogP contribution in [-0.2, 0) is 0 Å². The van der Waals surface area contributed by atoms with Crippen molar-refractivity contribution >= 4 is 45.7 Å². The van der Waals surface area contributed by atoms with Gasteiger partial charge < -0.3 is 14.4 Å². The van der Waals surface area contributed by atoms with Crippen molar-refractivity contribution in [2.45, 2.75) is 57.7 Å². The van der Waals surface area contributed by atoms with Crippen molar-refractivity contribution < 1.29 is 4.18 Å². The predicted molar refractivity (Wildman–Crippen MR) is 128 cm³/mol. The summed E-state index contributed by atoms with van der Waals surface area (Å²) in [4.78, 5) is 2.01. The van der Waals surface area contributed by atoms with Crippen LogP contribution in [0.5, 0.6) is 5.75 Å². The van der Waals surface area contributed by atoms with Gasteiger partial charge in [-0.3, -0.25) is 10.8 Å². The third kappa shape index (κ3) is 5.08. The first-order valence-corrected chi connectivity index (χ1v) is 10.9. The van der Waals surface area contributed by atoms with Crippen molar-refractivity contribution in [1.29, 1.82) is 10.8 Å². The molecule has 0 unspecified atom stereocenters. The second-order valence-electron chi connectivity index (χ2n) is 9.09. The lowest BCUT2D eigenvalue weighted by Crippen LogP contribution is -2.62. The quantitative estimate of drug-likeness (QED) is 0.231. The molecule has 7 heteroatoms. The fourth-order valence-corrected chi connectivity index (χ4v) is 5.31. The maximum atomic E-state index is 8.63. The zero-order chi connectivity index (χ0) is 21.4. The number of amidine groups is 1. The number of hydrogen-bond donors (Lipinski definition) is 4. The standard InChI is InChI=1S/C22H30N4OS2/c1-21(2)12-16(13-22(3,4)25-21)26(5)20(24)29-19(23)17-10-14-8-6-7-9-15(14)11-18(17)27-28/h6-11,16,23-25,28H,12-13H2,1-5H3. The van der Waals surface area contributed by atoms with Gasteiger partial charge in [-0.1, -0.05) is 24.3 Å². The Labute approximate surface area is 183 Å². The highest BCUT2D eigenvalue weighted by atomic mass is 32.2. The molecule has 0 aromatic heterocycles. The summed E-state index contributed by atoms with van der Waals surface area (Å²) >= 11 is 5.13. The second kappa shape index (κ2) is 8.20. The van der Waals surface area contributed by atoms with E-state index in [2.05, 4.69) is 45.9 Å². The first-order chi connectivity index (χ1) is 13.5. The summed E-state index contributed by atoms with van der Waals surface area (Å²) in [5.41, 5.74) is 0.655. The smallest absolute Gasteiger partial charge is 0.162 e. The Morgan fingerprint density at radius 3 is 2.21 bits per heavy atom. The number of rotatable bonds is 3. The van der Waals surface area contributed by atoms with E-state index in [1.807, 2.05) is 48.3 Å². The van der Waals surface area contributed by atoms with E-state index in [1.165, 1.54) is 0 Å². The average molecular weight is 431 g/mol. The van der Waals surface area contributed by atoms with Crippen molar-refractivity contribution in [2.75, 3.05) is 7.05 Å². The molecular weight excluding hydrogens is 400 g/mol. The minimum absolute atomic E-state index is 0.00448. The van der Waals surface area contributed by atoms with Gasteiger partial charge in [-0.25, -0.2) is 0 Å². The Morgan fingerprint density at radius 1 is 1.10 bits per heavy atom. The third-order valence-electron chi connectivity index (χ3n) is 5.43. The van der Waals surface area contributed by atoms with Crippen molar-refractivity contribution in [1.82, 2.24) is 10.2 Å². The first kappa shape index (κ1) is 22.0. The number of piperidine rings is 1. The van der Waals surface area contributed by atoms with Crippen molar-refractivity contribution in [3.8, 4) is 5.75 Å². The number of nitrogens with one attached hydrogen (secondary N) is 3. The summed E-state index contributed by atoms with van der Waals surface area (Å²) in [6.07, 6.45) is 1.90. The van der Waals surface area contributed by atoms with Crippen molar-refractivity contribution in [3.05, 3.63) is 42.0 Å². The molecule has 0 radical (unpaired) electrons. The zero-order valence-corrected chi connectivity index (χ0v) is 19.4. The second-order valence-corrected chi connectivity index (χ2v) is 10.3. The lowest BCUT2D eigenvalue weighted by Gasteiger charge is -2.49. The number of thioether (sulfide) groups is 1. The molecule has 2 aromatic rings. The van der Waals surface area contributed by atoms with E-state index in [4.69, 9.17) is 15.0 Å². The summed E-state index contributed by atoms with van der Waals surface area (Å²) in [6, 6.07) is 12.0. The zero-order valence-electron chi connectivity index (χ0n) is 17.7. The molecule has 156 valence electrons. The van der Waals surface area contributed by atoms with Crippen LogP contribution in [0.15, 0.2) is 36.4 Å². The van der Waals surface area contributed by atoms with E-state index in [1.54, 1.807) is 0 Å². The van der Waals surface area contributed by atoms with Crippen LogP contribution < -0.4 is 9.50 Å². The summed E-state index contributed by atoms with van der Waals surface area (Å²) in [5.74, 6) is 0.532. The molecule has 2 aromatic carbocycles. The van der Waals surface area contributed by atoms with Gasteiger partial charge in [0.2, 0.25) is 0 Å². The van der Waals surface area contributed by atoms with Gasteiger partial charge in [0.25, 0.3) is 0 Å². The van der Waals surface area contributed by atoms with Gasteiger partial charge in [0.05, 0.1) is 5.56 Å². The molecule has 1 heterocycles. The van der Waals surface area contributed by atoms with Gasteiger partial charge in [0, 0.05) is 37.1 Å². The first-order valence-electron chi connectivity index (χ1n) is 9.73. The van der Waals surface area contributed by atoms with Crippen molar-refractivity contribution in [3.63, 3.8) is 0 Å². The monoisotopic (exact) mass is 430 g/mol. The van der Waals surface area contributed by atoms with Crippen LogP contribution in [0.2, 0.25) is 0 Å². The number of hydrogen-bond acceptors (Lipinski definition) is 6. The Morgan fingerprint density at radius 2 is 1.66 bits per heavy atom. The highest BCUT2D eigenvalue weighted by molar-refractivity contribution is 8.26. The molecule has 0 atom stereocenters. The van der Waals surface area contributed by atoms with E-state index in [9.17, 15) is 0 Å². The fraction of sp³-hybridized carbons (Fsp3) is 0.455. The molecule has 0 amide bonds. The number of fused-ring (bicyclic) bond motifs is 1.